The SMILES string of the molecule is C=CC(C)(C)C(=O)c1ncc(Br)c(OCCCC)c1OC. The van der Waals surface area contributed by atoms with Gasteiger partial charge in [-0.25, -0.2) is 4.98 Å². The summed E-state index contributed by atoms with van der Waals surface area (Å²) >= 11 is 3.39. The van der Waals surface area contributed by atoms with E-state index in [1.165, 1.54) is 7.11 Å². The lowest BCUT2D eigenvalue weighted by atomic mass is 9.86. The Morgan fingerprint density at radius 2 is 2.14 bits per heavy atom. The van der Waals surface area contributed by atoms with Gasteiger partial charge in [0.2, 0.25) is 0 Å². The molecule has 0 aliphatic rings. The highest BCUT2D eigenvalue weighted by atomic mass is 79.9. The first-order chi connectivity index (χ1) is 9.88. The normalized spacial score (nSPS) is 11.1. The zero-order valence-corrected chi connectivity index (χ0v) is 14.6. The van der Waals surface area contributed by atoms with Crippen LogP contribution in [-0.4, -0.2) is 24.5 Å². The highest BCUT2D eigenvalue weighted by Crippen LogP contribution is 2.39. The molecular formula is C16H22BrNO3. The number of rotatable bonds is 8. The van der Waals surface area contributed by atoms with Crippen molar-refractivity contribution in [2.45, 2.75) is 33.6 Å². The standard InChI is InChI=1S/C16H22BrNO3/c1-6-8-9-21-13-11(17)10-18-12(14(13)20-5)15(19)16(3,4)7-2/h7,10H,2,6,8-9H2,1,3-5H3. The van der Waals surface area contributed by atoms with Crippen LogP contribution in [-0.2, 0) is 0 Å². The molecule has 4 nitrogen and oxygen atoms in total. The Bertz CT molecular complexity index is 526. The van der Waals surface area contributed by atoms with Gasteiger partial charge in [-0.15, -0.1) is 6.58 Å². The number of hydrogen-bond donors (Lipinski definition) is 0. The molecule has 0 spiro atoms. The fraction of sp³-hybridized carbons (Fsp3) is 0.500. The summed E-state index contributed by atoms with van der Waals surface area (Å²) in [6, 6.07) is 0. The Morgan fingerprint density at radius 1 is 1.48 bits per heavy atom. The number of allylic oxidation sites excluding steroid dienone is 1. The molecule has 0 radical (unpaired) electrons. The number of unbranched alkanes of at least 4 members (excludes halogenated alkanes) is 1. The summed E-state index contributed by atoms with van der Waals surface area (Å²) in [6.07, 6.45) is 5.13. The number of carbonyl (C=O) groups excluding carboxylic acids is 1. The number of halogens is 1. The first-order valence-corrected chi connectivity index (χ1v) is 7.72. The van der Waals surface area contributed by atoms with E-state index >= 15 is 0 Å². The van der Waals surface area contributed by atoms with Gasteiger partial charge in [0, 0.05) is 11.6 Å². The Hall–Kier alpha value is -1.36. The van der Waals surface area contributed by atoms with Crippen LogP contribution in [0, 0.1) is 5.41 Å². The molecule has 1 aromatic heterocycles. The highest BCUT2D eigenvalue weighted by Gasteiger charge is 2.31. The smallest absolute Gasteiger partial charge is 0.194 e. The van der Waals surface area contributed by atoms with Crippen molar-refractivity contribution in [2.75, 3.05) is 13.7 Å². The second-order valence-electron chi connectivity index (χ2n) is 5.27. The molecule has 0 bridgehead atoms. The summed E-state index contributed by atoms with van der Waals surface area (Å²) in [5.74, 6) is 0.728. The van der Waals surface area contributed by atoms with Crippen LogP contribution in [0.3, 0.4) is 0 Å². The van der Waals surface area contributed by atoms with Gasteiger partial charge in [0.1, 0.15) is 0 Å². The van der Waals surface area contributed by atoms with Crippen LogP contribution in [0.2, 0.25) is 0 Å². The van der Waals surface area contributed by atoms with Crippen molar-refractivity contribution in [3.8, 4) is 11.5 Å². The number of ether oxygens (including phenoxy) is 2. The van der Waals surface area contributed by atoms with Crippen molar-refractivity contribution in [1.82, 2.24) is 4.98 Å². The van der Waals surface area contributed by atoms with Gasteiger partial charge >= 0.3 is 0 Å². The van der Waals surface area contributed by atoms with Crippen molar-refractivity contribution in [2.24, 2.45) is 5.41 Å². The Labute approximate surface area is 134 Å². The first-order valence-electron chi connectivity index (χ1n) is 6.92. The van der Waals surface area contributed by atoms with Gasteiger partial charge in [-0.3, -0.25) is 4.79 Å². The Morgan fingerprint density at radius 3 is 2.67 bits per heavy atom. The van der Waals surface area contributed by atoms with Crippen LogP contribution >= 0.6 is 15.9 Å². The van der Waals surface area contributed by atoms with E-state index in [2.05, 4.69) is 34.4 Å². The number of pyridine rings is 1. The molecule has 116 valence electrons. The highest BCUT2D eigenvalue weighted by molar-refractivity contribution is 9.10. The molecule has 1 aromatic rings. The van der Waals surface area contributed by atoms with E-state index in [4.69, 9.17) is 9.47 Å². The number of nitrogens with zero attached hydrogens (tertiary/aromatic N) is 1. The van der Waals surface area contributed by atoms with Crippen LogP contribution in [0.4, 0.5) is 0 Å². The zero-order chi connectivity index (χ0) is 16.0. The minimum Gasteiger partial charge on any atom is -0.491 e. The predicted octanol–water partition coefficient (Wildman–Crippen LogP) is 4.43. The molecule has 0 aliphatic heterocycles. The summed E-state index contributed by atoms with van der Waals surface area (Å²) in [7, 11) is 1.51. The van der Waals surface area contributed by atoms with Gasteiger partial charge < -0.3 is 9.47 Å². The van der Waals surface area contributed by atoms with E-state index < -0.39 is 5.41 Å². The third kappa shape index (κ3) is 4.06. The maximum atomic E-state index is 12.6. The molecule has 0 N–H and O–H groups in total. The maximum Gasteiger partial charge on any atom is 0.194 e. The number of hydrogen-bond acceptors (Lipinski definition) is 4. The van der Waals surface area contributed by atoms with E-state index in [9.17, 15) is 4.79 Å². The van der Waals surface area contributed by atoms with E-state index in [1.807, 2.05) is 0 Å². The maximum absolute atomic E-state index is 12.6. The fourth-order valence-corrected chi connectivity index (χ4v) is 2.05. The van der Waals surface area contributed by atoms with Gasteiger partial charge in [-0.05, 0) is 36.2 Å². The van der Waals surface area contributed by atoms with Gasteiger partial charge in [0.15, 0.2) is 23.0 Å². The van der Waals surface area contributed by atoms with E-state index in [1.54, 1.807) is 26.1 Å². The van der Waals surface area contributed by atoms with Crippen molar-refractivity contribution >= 4 is 21.7 Å². The van der Waals surface area contributed by atoms with Crippen molar-refractivity contribution in [1.29, 1.82) is 0 Å². The quantitative estimate of drug-likeness (QED) is 0.393. The lowest BCUT2D eigenvalue weighted by Crippen LogP contribution is -2.23. The summed E-state index contributed by atoms with van der Waals surface area (Å²) in [5.41, 5.74) is -0.452. The fourth-order valence-electron chi connectivity index (χ4n) is 1.66. The second-order valence-corrected chi connectivity index (χ2v) is 6.13. The minimum atomic E-state index is -0.713. The summed E-state index contributed by atoms with van der Waals surface area (Å²) in [4.78, 5) is 16.8. The molecule has 0 amide bonds. The van der Waals surface area contributed by atoms with Crippen LogP contribution in [0.15, 0.2) is 23.3 Å². The third-order valence-corrected chi connectivity index (χ3v) is 3.77. The number of ketones is 1. The monoisotopic (exact) mass is 355 g/mol. The molecule has 0 saturated carbocycles. The average Bonchev–Trinajstić information content (AvgIpc) is 2.48. The average molecular weight is 356 g/mol. The van der Waals surface area contributed by atoms with Crippen molar-refractivity contribution in [3.05, 3.63) is 29.0 Å². The third-order valence-electron chi connectivity index (χ3n) is 3.20. The number of aromatic nitrogens is 1. The Kier molecular flexibility index (Phi) is 6.40. The molecule has 5 heteroatoms. The summed E-state index contributed by atoms with van der Waals surface area (Å²) in [5, 5.41) is 0. The molecule has 0 fully saturated rings. The summed E-state index contributed by atoms with van der Waals surface area (Å²) in [6.45, 7) is 9.95. The minimum absolute atomic E-state index is 0.151. The van der Waals surface area contributed by atoms with E-state index in [0.717, 1.165) is 12.8 Å². The lowest BCUT2D eigenvalue weighted by Gasteiger charge is -2.20. The number of Topliss-reactive ketones (excluding diaryl/α,β-unsaturated/α-hetero) is 1. The molecular weight excluding hydrogens is 334 g/mol. The Balaban J connectivity index is 3.25. The predicted molar refractivity (Wildman–Crippen MR) is 87.2 cm³/mol. The van der Waals surface area contributed by atoms with E-state index in [0.29, 0.717) is 22.6 Å². The lowest BCUT2D eigenvalue weighted by molar-refractivity contribution is 0.0876. The van der Waals surface area contributed by atoms with Crippen LogP contribution < -0.4 is 9.47 Å². The molecule has 21 heavy (non-hydrogen) atoms. The number of methoxy groups -OCH3 is 1. The molecule has 0 unspecified atom stereocenters. The van der Waals surface area contributed by atoms with Crippen molar-refractivity contribution < 1.29 is 14.3 Å². The van der Waals surface area contributed by atoms with Crippen molar-refractivity contribution in [3.63, 3.8) is 0 Å². The second kappa shape index (κ2) is 7.59. The van der Waals surface area contributed by atoms with Gasteiger partial charge in [0.05, 0.1) is 18.2 Å². The number of carbonyl (C=O) groups is 1. The molecule has 0 aromatic carbocycles. The van der Waals surface area contributed by atoms with Crippen LogP contribution in [0.25, 0.3) is 0 Å². The van der Waals surface area contributed by atoms with Crippen LogP contribution in [0.1, 0.15) is 44.1 Å². The first kappa shape index (κ1) is 17.7. The topological polar surface area (TPSA) is 48.4 Å². The molecule has 0 saturated heterocycles. The zero-order valence-electron chi connectivity index (χ0n) is 13.0. The molecule has 1 heterocycles. The van der Waals surface area contributed by atoms with E-state index in [-0.39, 0.29) is 11.5 Å². The van der Waals surface area contributed by atoms with Gasteiger partial charge in [0.25, 0.3) is 0 Å². The molecule has 0 atom stereocenters. The van der Waals surface area contributed by atoms with Gasteiger partial charge in [-0.1, -0.05) is 19.4 Å². The van der Waals surface area contributed by atoms with Gasteiger partial charge in [-0.2, -0.15) is 0 Å². The molecule has 1 rings (SSSR count). The largest absolute Gasteiger partial charge is 0.491 e. The van der Waals surface area contributed by atoms with Crippen LogP contribution in [0.5, 0.6) is 11.5 Å². The summed E-state index contributed by atoms with van der Waals surface area (Å²) < 4.78 is 11.8. The molecule has 0 aliphatic carbocycles.